The highest BCUT2D eigenvalue weighted by molar-refractivity contribution is 7.59. The second-order valence-electron chi connectivity index (χ2n) is 1.93. The number of hydrogen-bond acceptors (Lipinski definition) is 1. The van der Waals surface area contributed by atoms with E-state index in [1.54, 1.807) is 11.3 Å². The molecule has 0 aliphatic rings. The van der Waals surface area contributed by atoms with E-state index >= 15 is 0 Å². The van der Waals surface area contributed by atoms with E-state index in [1.807, 2.05) is 27.7 Å². The third kappa shape index (κ3) is 40.4. The molecule has 0 saturated heterocycles. The average Bonchev–Trinajstić information content (AvgIpc) is 2.64. The zero-order valence-corrected chi connectivity index (χ0v) is 14.2. The minimum Gasteiger partial charge on any atom is -0.197 e. The van der Waals surface area contributed by atoms with E-state index in [9.17, 15) is 0 Å². The Morgan fingerprint density at radius 2 is 1.33 bits per heavy atom. The third-order valence-electron chi connectivity index (χ3n) is 0.663. The van der Waals surface area contributed by atoms with Crippen LogP contribution >= 0.6 is 38.3 Å². The summed E-state index contributed by atoms with van der Waals surface area (Å²) in [6, 6.07) is 4.16. The summed E-state index contributed by atoms with van der Waals surface area (Å²) >= 11 is 1.78. The summed E-state index contributed by atoms with van der Waals surface area (Å²) in [5, 5.41) is 2.08. The minimum atomic E-state index is 0. The summed E-state index contributed by atoms with van der Waals surface area (Å²) < 4.78 is 0. The molecule has 1 rings (SSSR count). The van der Waals surface area contributed by atoms with Crippen molar-refractivity contribution in [1.82, 2.24) is 0 Å². The number of thiophene rings is 1. The van der Waals surface area contributed by atoms with E-state index in [2.05, 4.69) is 38.3 Å². The van der Waals surface area contributed by atoms with Crippen LogP contribution in [-0.2, 0) is 0 Å². The van der Waals surface area contributed by atoms with Crippen LogP contribution in [-0.4, -0.2) is 0 Å². The molecule has 15 heavy (non-hydrogen) atoms. The largest absolute Gasteiger partial charge is 0.197 e. The topological polar surface area (TPSA) is 0 Å². The van der Waals surface area contributed by atoms with Gasteiger partial charge in [-0.1, -0.05) is 54.0 Å². The molecule has 0 unspecified atom stereocenters. The van der Waals surface area contributed by atoms with Gasteiger partial charge in [-0.3, -0.25) is 0 Å². The van der Waals surface area contributed by atoms with Crippen LogP contribution in [0.5, 0.6) is 0 Å². The molecular weight excluding hydrogens is 240 g/mol. The first-order chi connectivity index (χ1) is 6.31. The molecular formula is C12H30S3. The Labute approximate surface area is 115 Å². The van der Waals surface area contributed by atoms with Gasteiger partial charge in [0.05, 0.1) is 0 Å². The van der Waals surface area contributed by atoms with Crippen molar-refractivity contribution in [3.8, 4) is 0 Å². The summed E-state index contributed by atoms with van der Waals surface area (Å²) in [6.45, 7) is 14.4. The van der Waals surface area contributed by atoms with Crippen LogP contribution in [0.1, 0.15) is 52.8 Å². The maximum atomic E-state index is 2.12. The molecule has 0 saturated carbocycles. The SMILES string of the molecule is CC.CC.CCC.Cc1cccs1.S.S. The Hall–Kier alpha value is 0.400. The predicted octanol–water partition coefficient (Wildman–Crippen LogP) is 5.75. The molecule has 0 radical (unpaired) electrons. The van der Waals surface area contributed by atoms with E-state index in [4.69, 9.17) is 0 Å². The van der Waals surface area contributed by atoms with Gasteiger partial charge in [0.25, 0.3) is 0 Å². The third-order valence-corrected chi connectivity index (χ3v) is 1.46. The molecule has 0 aliphatic carbocycles. The Morgan fingerprint density at radius 1 is 1.00 bits per heavy atom. The van der Waals surface area contributed by atoms with E-state index in [0.29, 0.717) is 0 Å². The van der Waals surface area contributed by atoms with Gasteiger partial charge >= 0.3 is 0 Å². The first kappa shape index (κ1) is 29.5. The Balaban J connectivity index is -0.0000000329. The summed E-state index contributed by atoms with van der Waals surface area (Å²) in [5.74, 6) is 0. The Bertz CT molecular complexity index is 125. The molecule has 0 nitrogen and oxygen atoms in total. The zero-order valence-electron chi connectivity index (χ0n) is 11.3. The van der Waals surface area contributed by atoms with Crippen LogP contribution in [0.25, 0.3) is 0 Å². The molecule has 1 aromatic rings. The van der Waals surface area contributed by atoms with E-state index in [-0.39, 0.29) is 27.0 Å². The van der Waals surface area contributed by atoms with Crippen molar-refractivity contribution in [3.05, 3.63) is 22.4 Å². The molecule has 0 amide bonds. The van der Waals surface area contributed by atoms with Crippen molar-refractivity contribution < 1.29 is 0 Å². The quantitative estimate of drug-likeness (QED) is 0.563. The molecule has 96 valence electrons. The lowest BCUT2D eigenvalue weighted by Gasteiger charge is -1.65. The molecule has 0 spiro atoms. The standard InChI is InChI=1S/C5H6S.C3H8.2C2H6.2H2S/c1-5-3-2-4-6-5;1-3-2;2*1-2;;/h2-4H,1H3;3H2,1-2H3;2*1-2H3;2*1H2. The molecule has 0 aliphatic heterocycles. The number of rotatable bonds is 0. The monoisotopic (exact) mass is 270 g/mol. The van der Waals surface area contributed by atoms with Crippen LogP contribution in [0.15, 0.2) is 17.5 Å². The first-order valence-electron chi connectivity index (χ1n) is 5.31. The summed E-state index contributed by atoms with van der Waals surface area (Å²) in [6.07, 6.45) is 1.25. The van der Waals surface area contributed by atoms with Crippen molar-refractivity contribution in [2.75, 3.05) is 0 Å². The Morgan fingerprint density at radius 3 is 1.40 bits per heavy atom. The second-order valence-corrected chi connectivity index (χ2v) is 3.08. The maximum absolute atomic E-state index is 2.12. The average molecular weight is 271 g/mol. The van der Waals surface area contributed by atoms with Gasteiger partial charge in [0.15, 0.2) is 0 Å². The van der Waals surface area contributed by atoms with Gasteiger partial charge in [0.1, 0.15) is 0 Å². The number of hydrogen-bond donors (Lipinski definition) is 0. The fraction of sp³-hybridized carbons (Fsp3) is 0.667. The van der Waals surface area contributed by atoms with Crippen molar-refractivity contribution in [2.24, 2.45) is 0 Å². The van der Waals surface area contributed by atoms with E-state index in [0.717, 1.165) is 0 Å². The normalized spacial score (nSPS) is 5.53. The highest BCUT2D eigenvalue weighted by Crippen LogP contribution is 2.03. The molecule has 3 heteroatoms. The van der Waals surface area contributed by atoms with Crippen molar-refractivity contribution in [3.63, 3.8) is 0 Å². The molecule has 0 bridgehead atoms. The Kier molecular flexibility index (Phi) is 72.1. The lowest BCUT2D eigenvalue weighted by atomic mass is 10.5. The van der Waals surface area contributed by atoms with Crippen LogP contribution in [0.4, 0.5) is 0 Å². The highest BCUT2D eigenvalue weighted by Gasteiger charge is 1.74. The zero-order chi connectivity index (χ0) is 11.1. The number of aryl methyl sites for hydroxylation is 1. The van der Waals surface area contributed by atoms with Gasteiger partial charge in [-0.2, -0.15) is 27.0 Å². The summed E-state index contributed by atoms with van der Waals surface area (Å²) in [7, 11) is 0. The van der Waals surface area contributed by atoms with Gasteiger partial charge in [0, 0.05) is 4.88 Å². The van der Waals surface area contributed by atoms with Crippen molar-refractivity contribution >= 4 is 38.3 Å². The van der Waals surface area contributed by atoms with Gasteiger partial charge in [-0.25, -0.2) is 0 Å². The summed E-state index contributed by atoms with van der Waals surface area (Å²) in [5.41, 5.74) is 0. The highest BCUT2D eigenvalue weighted by atomic mass is 32.1. The lowest BCUT2D eigenvalue weighted by molar-refractivity contribution is 1.09. The van der Waals surface area contributed by atoms with Crippen molar-refractivity contribution in [1.29, 1.82) is 0 Å². The van der Waals surface area contributed by atoms with E-state index in [1.165, 1.54) is 11.3 Å². The fourth-order valence-corrected chi connectivity index (χ4v) is 0.890. The van der Waals surface area contributed by atoms with Crippen LogP contribution in [0.3, 0.4) is 0 Å². The maximum Gasteiger partial charge on any atom is 0.00141 e. The minimum absolute atomic E-state index is 0. The lowest BCUT2D eigenvalue weighted by Crippen LogP contribution is -1.42. The summed E-state index contributed by atoms with van der Waals surface area (Å²) in [4.78, 5) is 1.38. The van der Waals surface area contributed by atoms with E-state index < -0.39 is 0 Å². The molecule has 0 N–H and O–H groups in total. The molecule has 0 fully saturated rings. The van der Waals surface area contributed by atoms with Crippen LogP contribution < -0.4 is 0 Å². The first-order valence-corrected chi connectivity index (χ1v) is 6.19. The van der Waals surface area contributed by atoms with Crippen LogP contribution in [0, 0.1) is 6.92 Å². The predicted molar refractivity (Wildman–Crippen MR) is 88.5 cm³/mol. The van der Waals surface area contributed by atoms with Gasteiger partial charge in [-0.15, -0.1) is 11.3 Å². The van der Waals surface area contributed by atoms with Gasteiger partial charge in [-0.05, 0) is 18.4 Å². The molecule has 0 atom stereocenters. The molecule has 1 heterocycles. The van der Waals surface area contributed by atoms with Gasteiger partial charge in [0.2, 0.25) is 0 Å². The molecule has 0 aromatic carbocycles. The van der Waals surface area contributed by atoms with Gasteiger partial charge < -0.3 is 0 Å². The van der Waals surface area contributed by atoms with Crippen LogP contribution in [0.2, 0.25) is 0 Å². The fourth-order valence-electron chi connectivity index (χ4n) is 0.361. The smallest absolute Gasteiger partial charge is 0.00141 e. The second kappa shape index (κ2) is 36.6. The van der Waals surface area contributed by atoms with Crippen molar-refractivity contribution in [2.45, 2.75) is 54.9 Å². The molecule has 1 aromatic heterocycles.